The summed E-state index contributed by atoms with van der Waals surface area (Å²) in [5.74, 6) is 1.23. The first kappa shape index (κ1) is 20.0. The van der Waals surface area contributed by atoms with Gasteiger partial charge in [0.2, 0.25) is 0 Å². The first-order valence-corrected chi connectivity index (χ1v) is 9.43. The lowest BCUT2D eigenvalue weighted by molar-refractivity contribution is -0.641. The van der Waals surface area contributed by atoms with Crippen LogP contribution in [0.5, 0.6) is 11.5 Å². The predicted octanol–water partition coefficient (Wildman–Crippen LogP) is 3.20. The van der Waals surface area contributed by atoms with Crippen molar-refractivity contribution in [2.75, 3.05) is 19.5 Å². The number of quaternary nitrogens is 1. The van der Waals surface area contributed by atoms with Crippen LogP contribution in [0.15, 0.2) is 36.4 Å². The van der Waals surface area contributed by atoms with Gasteiger partial charge < -0.3 is 20.1 Å². The molecule has 0 aromatic heterocycles. The number of hydrogen-bond acceptors (Lipinski definition) is 3. The standard InChI is InChI=1S/C23H28N2O3/c1-14-7-8-18(15(2)9-14)24-22(26)12-19-17-11-21(28-6)20(27-5)10-16(17)13-23(3,4)25-19/h7-12,25H,13H2,1-6H3,(H,24,26)/p+1. The zero-order chi connectivity index (χ0) is 20.5. The van der Waals surface area contributed by atoms with Crippen LogP contribution < -0.4 is 20.1 Å². The van der Waals surface area contributed by atoms with Gasteiger partial charge in [-0.3, -0.25) is 4.79 Å². The molecule has 0 radical (unpaired) electrons. The van der Waals surface area contributed by atoms with Gasteiger partial charge in [0, 0.05) is 17.7 Å². The van der Waals surface area contributed by atoms with Gasteiger partial charge in [-0.05, 0) is 57.0 Å². The maximum atomic E-state index is 12.8. The Balaban J connectivity index is 1.97. The van der Waals surface area contributed by atoms with E-state index in [1.807, 2.05) is 38.1 Å². The Morgan fingerprint density at radius 1 is 1.11 bits per heavy atom. The molecule has 0 saturated carbocycles. The van der Waals surface area contributed by atoms with Crippen molar-refractivity contribution in [2.45, 2.75) is 39.7 Å². The molecule has 0 fully saturated rings. The van der Waals surface area contributed by atoms with Crippen molar-refractivity contribution in [3.05, 3.63) is 58.7 Å². The van der Waals surface area contributed by atoms with E-state index in [1.165, 1.54) is 5.56 Å². The van der Waals surface area contributed by atoms with Crippen LogP contribution in [0.4, 0.5) is 5.69 Å². The summed E-state index contributed by atoms with van der Waals surface area (Å²) >= 11 is 0. The van der Waals surface area contributed by atoms with Crippen LogP contribution in [-0.4, -0.2) is 25.7 Å². The summed E-state index contributed by atoms with van der Waals surface area (Å²) in [7, 11) is 3.26. The molecule has 0 bridgehead atoms. The third kappa shape index (κ3) is 4.20. The minimum atomic E-state index is -0.142. The van der Waals surface area contributed by atoms with Gasteiger partial charge in [0.25, 0.3) is 5.91 Å². The molecule has 0 spiro atoms. The first-order chi connectivity index (χ1) is 13.2. The Bertz CT molecular complexity index is 945. The second-order valence-electron chi connectivity index (χ2n) is 8.08. The molecule has 1 amide bonds. The van der Waals surface area contributed by atoms with Crippen LogP contribution >= 0.6 is 0 Å². The van der Waals surface area contributed by atoms with Crippen molar-refractivity contribution in [2.24, 2.45) is 0 Å². The van der Waals surface area contributed by atoms with Gasteiger partial charge in [-0.25, -0.2) is 0 Å². The fourth-order valence-electron chi connectivity index (χ4n) is 3.76. The van der Waals surface area contributed by atoms with Crippen molar-refractivity contribution in [3.8, 4) is 11.5 Å². The molecule has 1 heterocycles. The van der Waals surface area contributed by atoms with Gasteiger partial charge in [0.1, 0.15) is 5.70 Å². The van der Waals surface area contributed by atoms with E-state index in [0.717, 1.165) is 34.5 Å². The summed E-state index contributed by atoms with van der Waals surface area (Å²) in [4.78, 5) is 12.8. The van der Waals surface area contributed by atoms with E-state index in [0.29, 0.717) is 11.5 Å². The largest absolute Gasteiger partial charge is 0.493 e. The molecule has 0 unspecified atom stereocenters. The zero-order valence-corrected chi connectivity index (χ0v) is 17.5. The highest BCUT2D eigenvalue weighted by atomic mass is 16.5. The molecule has 2 aromatic carbocycles. The number of fused-ring (bicyclic) bond motifs is 1. The maximum Gasteiger partial charge on any atom is 0.254 e. The van der Waals surface area contributed by atoms with Gasteiger partial charge in [-0.1, -0.05) is 17.7 Å². The predicted molar refractivity (Wildman–Crippen MR) is 112 cm³/mol. The summed E-state index contributed by atoms with van der Waals surface area (Å²) in [6.07, 6.45) is 2.55. The molecule has 3 N–H and O–H groups in total. The number of rotatable bonds is 4. The summed E-state index contributed by atoms with van der Waals surface area (Å²) in [6.45, 7) is 8.38. The molecule has 3 rings (SSSR count). The highest BCUT2D eigenvalue weighted by Crippen LogP contribution is 2.35. The molecule has 148 valence electrons. The van der Waals surface area contributed by atoms with Crippen LogP contribution in [0.1, 0.15) is 36.1 Å². The van der Waals surface area contributed by atoms with E-state index in [1.54, 1.807) is 20.3 Å². The maximum absolute atomic E-state index is 12.8. The molecule has 1 aliphatic heterocycles. The number of nitrogens with two attached hydrogens (primary N) is 1. The topological polar surface area (TPSA) is 64.2 Å². The van der Waals surface area contributed by atoms with Gasteiger partial charge in [0.15, 0.2) is 11.5 Å². The van der Waals surface area contributed by atoms with Crippen LogP contribution in [0.2, 0.25) is 0 Å². The molecule has 0 atom stereocenters. The smallest absolute Gasteiger partial charge is 0.254 e. The Morgan fingerprint density at radius 2 is 1.79 bits per heavy atom. The number of amides is 1. The Morgan fingerprint density at radius 3 is 2.43 bits per heavy atom. The van der Waals surface area contributed by atoms with Crippen LogP contribution in [0.25, 0.3) is 5.70 Å². The molecule has 0 saturated heterocycles. The minimum absolute atomic E-state index is 0.0571. The third-order valence-corrected chi connectivity index (χ3v) is 5.04. The number of aryl methyl sites for hydroxylation is 2. The average Bonchev–Trinajstić information content (AvgIpc) is 2.62. The van der Waals surface area contributed by atoms with Crippen LogP contribution in [0.3, 0.4) is 0 Å². The van der Waals surface area contributed by atoms with Crippen molar-refractivity contribution in [3.63, 3.8) is 0 Å². The van der Waals surface area contributed by atoms with Crippen molar-refractivity contribution in [1.82, 2.24) is 0 Å². The van der Waals surface area contributed by atoms with E-state index in [4.69, 9.17) is 9.47 Å². The molecule has 2 aromatic rings. The second kappa shape index (κ2) is 7.68. The van der Waals surface area contributed by atoms with E-state index in [9.17, 15) is 4.79 Å². The van der Waals surface area contributed by atoms with Crippen molar-refractivity contribution in [1.29, 1.82) is 0 Å². The Labute approximate surface area is 166 Å². The molecular formula is C23H29N2O3+. The van der Waals surface area contributed by atoms with Crippen LogP contribution in [-0.2, 0) is 11.2 Å². The van der Waals surface area contributed by atoms with Gasteiger partial charge in [-0.15, -0.1) is 0 Å². The molecule has 1 aliphatic rings. The van der Waals surface area contributed by atoms with E-state index >= 15 is 0 Å². The minimum Gasteiger partial charge on any atom is -0.493 e. The highest BCUT2D eigenvalue weighted by Gasteiger charge is 2.34. The Kier molecular flexibility index (Phi) is 5.47. The summed E-state index contributed by atoms with van der Waals surface area (Å²) in [6, 6.07) is 9.97. The molecule has 28 heavy (non-hydrogen) atoms. The first-order valence-electron chi connectivity index (χ1n) is 9.43. The molecular weight excluding hydrogens is 352 g/mol. The number of hydrogen-bond donors (Lipinski definition) is 2. The van der Waals surface area contributed by atoms with Crippen molar-refractivity contribution >= 4 is 17.3 Å². The lowest BCUT2D eigenvalue weighted by Gasteiger charge is -2.31. The summed E-state index contributed by atoms with van der Waals surface area (Å²) in [5.41, 5.74) is 6.05. The number of nitrogens with one attached hydrogen (secondary N) is 1. The number of methoxy groups -OCH3 is 2. The fourth-order valence-corrected chi connectivity index (χ4v) is 3.76. The number of carbonyl (C=O) groups excluding carboxylic acids is 1. The normalized spacial score (nSPS) is 16.4. The van der Waals surface area contributed by atoms with E-state index in [-0.39, 0.29) is 11.4 Å². The summed E-state index contributed by atoms with van der Waals surface area (Å²) < 4.78 is 10.9. The number of ether oxygens (including phenoxy) is 2. The lowest BCUT2D eigenvalue weighted by atomic mass is 9.85. The number of anilines is 1. The monoisotopic (exact) mass is 381 g/mol. The van der Waals surface area contributed by atoms with Crippen LogP contribution in [0, 0.1) is 13.8 Å². The fraction of sp³-hybridized carbons (Fsp3) is 0.348. The highest BCUT2D eigenvalue weighted by molar-refractivity contribution is 6.03. The SMILES string of the molecule is COc1cc2c(cc1OC)C(=CC(=O)Nc1ccc(C)cc1C)[NH2+]C(C)(C)C2. The quantitative estimate of drug-likeness (QED) is 0.800. The zero-order valence-electron chi connectivity index (χ0n) is 17.5. The molecule has 0 aliphatic carbocycles. The Hall–Kier alpha value is -2.79. The average molecular weight is 381 g/mol. The summed E-state index contributed by atoms with van der Waals surface area (Å²) in [5, 5.41) is 5.16. The van der Waals surface area contributed by atoms with Crippen molar-refractivity contribution < 1.29 is 19.6 Å². The van der Waals surface area contributed by atoms with E-state index in [2.05, 4.69) is 30.5 Å². The number of benzene rings is 2. The third-order valence-electron chi connectivity index (χ3n) is 5.04. The van der Waals surface area contributed by atoms with Gasteiger partial charge in [0.05, 0.1) is 25.8 Å². The lowest BCUT2D eigenvalue weighted by Crippen LogP contribution is -2.94. The molecule has 5 heteroatoms. The number of carbonyl (C=O) groups is 1. The van der Waals surface area contributed by atoms with Gasteiger partial charge >= 0.3 is 0 Å². The second-order valence-corrected chi connectivity index (χ2v) is 8.08. The van der Waals surface area contributed by atoms with Gasteiger partial charge in [-0.2, -0.15) is 0 Å². The van der Waals surface area contributed by atoms with E-state index < -0.39 is 0 Å². The molecule has 5 nitrogen and oxygen atoms in total.